The van der Waals surface area contributed by atoms with Crippen molar-refractivity contribution in [1.29, 1.82) is 0 Å². The molecule has 10 heteroatoms. The van der Waals surface area contributed by atoms with Crippen LogP contribution in [0.25, 0.3) is 0 Å². The fourth-order valence-electron chi connectivity index (χ4n) is 2.05. The maximum absolute atomic E-state index is 11.8. The van der Waals surface area contributed by atoms with Crippen LogP contribution in [0.4, 0.5) is 13.2 Å². The van der Waals surface area contributed by atoms with Crippen LogP contribution in [0.5, 0.6) is 0 Å². The van der Waals surface area contributed by atoms with Crippen molar-refractivity contribution in [2.75, 3.05) is 6.54 Å². The molecular weight excluding hydrogens is 429 g/mol. The molecule has 0 radical (unpaired) electrons. The Bertz CT molecular complexity index is 614. The zero-order valence-electron chi connectivity index (χ0n) is 13.0. The normalized spacial score (nSPS) is 17.8. The molecule has 0 saturated carbocycles. The number of hydrogen-bond donors (Lipinski definition) is 3. The minimum Gasteiger partial charge on any atom is -0.475 e. The van der Waals surface area contributed by atoms with Gasteiger partial charge in [-0.2, -0.15) is 13.2 Å². The number of carbonyl (C=O) groups excluding carboxylic acids is 1. The van der Waals surface area contributed by atoms with E-state index in [9.17, 15) is 18.0 Å². The molecule has 1 aliphatic rings. The van der Waals surface area contributed by atoms with Crippen LogP contribution in [0.2, 0.25) is 5.02 Å². The molecule has 1 saturated heterocycles. The lowest BCUT2D eigenvalue weighted by molar-refractivity contribution is -0.192. The molecule has 1 heterocycles. The fraction of sp³-hybridized carbons (Fsp3) is 0.467. The molecule has 1 fully saturated rings. The summed E-state index contributed by atoms with van der Waals surface area (Å²) in [5, 5.41) is 14.0. The molecule has 25 heavy (non-hydrogen) atoms. The second-order valence-corrected chi connectivity index (χ2v) is 6.58. The molecular formula is C15H17BrClF3N2O3. The molecule has 1 amide bonds. The third kappa shape index (κ3) is 8.06. The molecule has 0 aliphatic carbocycles. The predicted molar refractivity (Wildman–Crippen MR) is 90.3 cm³/mol. The van der Waals surface area contributed by atoms with E-state index < -0.39 is 12.1 Å². The molecule has 3 N–H and O–H groups in total. The first-order chi connectivity index (χ1) is 11.6. The summed E-state index contributed by atoms with van der Waals surface area (Å²) in [6, 6.07) is 5.63. The molecule has 5 nitrogen and oxygen atoms in total. The van der Waals surface area contributed by atoms with E-state index in [-0.39, 0.29) is 11.9 Å². The molecule has 1 aromatic carbocycles. The summed E-state index contributed by atoms with van der Waals surface area (Å²) in [5.41, 5.74) is 1.00. The summed E-state index contributed by atoms with van der Waals surface area (Å²) in [6.07, 6.45) is -2.07. The quantitative estimate of drug-likeness (QED) is 0.665. The zero-order chi connectivity index (χ0) is 19.0. The van der Waals surface area contributed by atoms with Gasteiger partial charge in [0.1, 0.15) is 0 Å². The molecule has 1 unspecified atom stereocenters. The zero-order valence-corrected chi connectivity index (χ0v) is 15.3. The highest BCUT2D eigenvalue weighted by molar-refractivity contribution is 9.10. The number of carboxylic acids is 1. The molecule has 1 atom stereocenters. The minimum atomic E-state index is -5.08. The Kier molecular flexibility index (Phi) is 8.67. The monoisotopic (exact) mass is 444 g/mol. The van der Waals surface area contributed by atoms with Gasteiger partial charge in [-0.05, 0) is 43.0 Å². The maximum atomic E-state index is 11.8. The summed E-state index contributed by atoms with van der Waals surface area (Å²) in [7, 11) is 0. The minimum absolute atomic E-state index is 0.0959. The van der Waals surface area contributed by atoms with Gasteiger partial charge >= 0.3 is 12.1 Å². The average molecular weight is 446 g/mol. The highest BCUT2D eigenvalue weighted by atomic mass is 79.9. The van der Waals surface area contributed by atoms with E-state index >= 15 is 0 Å². The second kappa shape index (κ2) is 9.98. The number of carbonyl (C=O) groups is 2. The summed E-state index contributed by atoms with van der Waals surface area (Å²) in [5.74, 6) is -2.66. The van der Waals surface area contributed by atoms with Crippen molar-refractivity contribution in [3.8, 4) is 0 Å². The van der Waals surface area contributed by atoms with Crippen LogP contribution < -0.4 is 10.6 Å². The standard InChI is InChI=1S/C13H16BrClN2O.C2HF3O2/c14-10-4-5-11(15)9(7-10)8-17-12-3-1-2-6-16-13(12)18;3-2(4,5)1(6)7/h4-5,7,12,17H,1-3,6,8H2,(H,16,18);(H,6,7). The lowest BCUT2D eigenvalue weighted by atomic mass is 10.1. The van der Waals surface area contributed by atoms with Gasteiger partial charge in [0, 0.05) is 22.6 Å². The van der Waals surface area contributed by atoms with E-state index in [1.54, 1.807) is 0 Å². The Labute approximate surface area is 156 Å². The Morgan fingerprint density at radius 2 is 2.04 bits per heavy atom. The van der Waals surface area contributed by atoms with Crippen molar-refractivity contribution >= 4 is 39.4 Å². The predicted octanol–water partition coefficient (Wildman–Crippen LogP) is 3.49. The molecule has 1 aliphatic heterocycles. The molecule has 140 valence electrons. The van der Waals surface area contributed by atoms with Gasteiger partial charge in [-0.15, -0.1) is 0 Å². The third-order valence-electron chi connectivity index (χ3n) is 3.32. The number of aliphatic carboxylic acids is 1. The van der Waals surface area contributed by atoms with Gasteiger partial charge in [0.25, 0.3) is 0 Å². The van der Waals surface area contributed by atoms with Gasteiger partial charge in [-0.1, -0.05) is 27.5 Å². The maximum Gasteiger partial charge on any atom is 0.490 e. The van der Waals surface area contributed by atoms with Crippen LogP contribution in [0, 0.1) is 0 Å². The number of nitrogens with one attached hydrogen (secondary N) is 2. The highest BCUT2D eigenvalue weighted by Gasteiger charge is 2.38. The summed E-state index contributed by atoms with van der Waals surface area (Å²) in [4.78, 5) is 20.7. The molecule has 0 spiro atoms. The van der Waals surface area contributed by atoms with Gasteiger partial charge in [0.15, 0.2) is 0 Å². The van der Waals surface area contributed by atoms with Crippen molar-refractivity contribution in [1.82, 2.24) is 10.6 Å². The van der Waals surface area contributed by atoms with Gasteiger partial charge in [0.05, 0.1) is 6.04 Å². The Balaban J connectivity index is 0.000000381. The van der Waals surface area contributed by atoms with Crippen LogP contribution in [-0.2, 0) is 16.1 Å². The Hall–Kier alpha value is -1.32. The van der Waals surface area contributed by atoms with Crippen molar-refractivity contribution in [2.24, 2.45) is 0 Å². The summed E-state index contributed by atoms with van der Waals surface area (Å²) in [6.45, 7) is 1.39. The lowest BCUT2D eigenvalue weighted by Gasteiger charge is -2.15. The number of amides is 1. The van der Waals surface area contributed by atoms with Crippen molar-refractivity contribution in [3.05, 3.63) is 33.3 Å². The van der Waals surface area contributed by atoms with Gasteiger partial charge in [-0.3, -0.25) is 4.79 Å². The number of rotatable bonds is 3. The number of carboxylic acid groups (broad SMARTS) is 1. The van der Waals surface area contributed by atoms with E-state index in [0.29, 0.717) is 6.54 Å². The number of benzene rings is 1. The number of alkyl halides is 3. The van der Waals surface area contributed by atoms with Crippen molar-refractivity contribution in [3.63, 3.8) is 0 Å². The molecule has 0 bridgehead atoms. The van der Waals surface area contributed by atoms with E-state index in [0.717, 1.165) is 40.9 Å². The van der Waals surface area contributed by atoms with Gasteiger partial charge in [0.2, 0.25) is 5.91 Å². The van der Waals surface area contributed by atoms with Crippen LogP contribution in [0.3, 0.4) is 0 Å². The van der Waals surface area contributed by atoms with E-state index in [2.05, 4.69) is 26.6 Å². The summed E-state index contributed by atoms with van der Waals surface area (Å²) >= 11 is 9.54. The summed E-state index contributed by atoms with van der Waals surface area (Å²) < 4.78 is 32.7. The number of hydrogen-bond acceptors (Lipinski definition) is 3. The van der Waals surface area contributed by atoms with Crippen LogP contribution >= 0.6 is 27.5 Å². The topological polar surface area (TPSA) is 78.4 Å². The molecule has 1 aromatic rings. The third-order valence-corrected chi connectivity index (χ3v) is 4.19. The Morgan fingerprint density at radius 1 is 1.40 bits per heavy atom. The van der Waals surface area contributed by atoms with Crippen molar-refractivity contribution in [2.45, 2.75) is 38.0 Å². The smallest absolute Gasteiger partial charge is 0.475 e. The average Bonchev–Trinajstić information content (AvgIpc) is 2.72. The van der Waals surface area contributed by atoms with Crippen LogP contribution in [0.1, 0.15) is 24.8 Å². The van der Waals surface area contributed by atoms with Gasteiger partial charge < -0.3 is 15.7 Å². The first-order valence-electron chi connectivity index (χ1n) is 7.36. The van der Waals surface area contributed by atoms with E-state index in [1.807, 2.05) is 18.2 Å². The Morgan fingerprint density at radius 3 is 2.64 bits per heavy atom. The van der Waals surface area contributed by atoms with Gasteiger partial charge in [-0.25, -0.2) is 4.79 Å². The van der Waals surface area contributed by atoms with Crippen LogP contribution in [0.15, 0.2) is 22.7 Å². The number of halogens is 5. The van der Waals surface area contributed by atoms with Crippen LogP contribution in [-0.4, -0.2) is 35.7 Å². The lowest BCUT2D eigenvalue weighted by Crippen LogP contribution is -2.42. The van der Waals surface area contributed by atoms with Crippen molar-refractivity contribution < 1.29 is 27.9 Å². The highest BCUT2D eigenvalue weighted by Crippen LogP contribution is 2.21. The molecule has 2 rings (SSSR count). The SMILES string of the molecule is O=C(O)C(F)(F)F.O=C1NCCCCC1NCc1cc(Br)ccc1Cl. The fourth-order valence-corrected chi connectivity index (χ4v) is 2.64. The molecule has 0 aromatic heterocycles. The first kappa shape index (κ1) is 21.7. The first-order valence-corrected chi connectivity index (χ1v) is 8.53. The van der Waals surface area contributed by atoms with E-state index in [4.69, 9.17) is 21.5 Å². The van der Waals surface area contributed by atoms with E-state index in [1.165, 1.54) is 0 Å². The largest absolute Gasteiger partial charge is 0.490 e. The second-order valence-electron chi connectivity index (χ2n) is 5.26.